The van der Waals surface area contributed by atoms with Gasteiger partial charge in [0.25, 0.3) is 11.8 Å². The van der Waals surface area contributed by atoms with E-state index in [0.29, 0.717) is 37.2 Å². The maximum absolute atomic E-state index is 14.0. The Bertz CT molecular complexity index is 1740. The summed E-state index contributed by atoms with van der Waals surface area (Å²) in [6, 6.07) is 14.0. The summed E-state index contributed by atoms with van der Waals surface area (Å²) in [5.41, 5.74) is 0.215. The van der Waals surface area contributed by atoms with Crippen molar-refractivity contribution in [1.82, 2.24) is 15.0 Å². The number of nitrogens with zero attached hydrogens (tertiary/aromatic N) is 4. The molecular weight excluding hydrogens is 678 g/mol. The van der Waals surface area contributed by atoms with Crippen LogP contribution in [0.5, 0.6) is 0 Å². The lowest BCUT2D eigenvalue weighted by Crippen LogP contribution is -2.60. The van der Waals surface area contributed by atoms with Gasteiger partial charge in [-0.15, -0.1) is 5.10 Å². The number of unbranched alkanes of at least 4 members (excludes halogenated alkanes) is 1. The molecule has 0 bridgehead atoms. The van der Waals surface area contributed by atoms with Gasteiger partial charge in [-0.05, 0) is 43.0 Å². The lowest BCUT2D eigenvalue weighted by atomic mass is 9.82. The second-order valence-corrected chi connectivity index (χ2v) is 13.0. The highest BCUT2D eigenvalue weighted by Crippen LogP contribution is 2.46. The molecule has 2 aliphatic rings. The van der Waals surface area contributed by atoms with Gasteiger partial charge >= 0.3 is 5.97 Å². The third-order valence-corrected chi connectivity index (χ3v) is 9.53. The number of hydrogen-bond acceptors (Lipinski definition) is 13. The SMILES string of the molecule is COC(=O)CCCCN1C(=O)[C@@](O)([C@@H](C)/C=C/CCn2cc(C(CO)c3ccccc3)nn2)c2cc(NC(=O)[C@H]3O[C@@H](O)[C@H](O)[C@@H](O)[C@@H]3O)ccc21. The number of methoxy groups -OCH3 is 1. The number of esters is 1. The smallest absolute Gasteiger partial charge is 0.305 e. The van der Waals surface area contributed by atoms with Crippen LogP contribution in [0.4, 0.5) is 11.4 Å². The first-order valence-electron chi connectivity index (χ1n) is 17.1. The van der Waals surface area contributed by atoms with Gasteiger partial charge in [0.05, 0.1) is 31.0 Å². The van der Waals surface area contributed by atoms with Gasteiger partial charge in [-0.1, -0.05) is 54.6 Å². The molecule has 1 unspecified atom stereocenters. The van der Waals surface area contributed by atoms with Gasteiger partial charge in [0.1, 0.15) is 18.3 Å². The van der Waals surface area contributed by atoms with Crippen LogP contribution in [-0.2, 0) is 36.0 Å². The quantitative estimate of drug-likeness (QED) is 0.0636. The number of fused-ring (bicyclic) bond motifs is 1. The molecule has 0 saturated carbocycles. The fraction of sp³-hybridized carbons (Fsp3) is 0.472. The second kappa shape index (κ2) is 16.9. The molecule has 0 spiro atoms. The van der Waals surface area contributed by atoms with Gasteiger partial charge in [-0.25, -0.2) is 0 Å². The fourth-order valence-corrected chi connectivity index (χ4v) is 6.46. The van der Waals surface area contributed by atoms with Crippen LogP contribution in [-0.4, -0.2) is 114 Å². The Hall–Kier alpha value is -4.55. The van der Waals surface area contributed by atoms with E-state index < -0.39 is 54.0 Å². The molecule has 3 aromatic rings. The number of aliphatic hydroxyl groups excluding tert-OH is 5. The molecular formula is C36H45N5O11. The Balaban J connectivity index is 1.32. The number of hydrogen-bond donors (Lipinski definition) is 7. The first-order chi connectivity index (χ1) is 24.9. The summed E-state index contributed by atoms with van der Waals surface area (Å²) < 4.78 is 11.4. The molecule has 5 rings (SSSR count). The van der Waals surface area contributed by atoms with Crippen LogP contribution in [0.1, 0.15) is 55.3 Å². The summed E-state index contributed by atoms with van der Waals surface area (Å²) in [6.45, 7) is 2.18. The summed E-state index contributed by atoms with van der Waals surface area (Å²) in [5.74, 6) is -3.00. The highest BCUT2D eigenvalue weighted by atomic mass is 16.6. The summed E-state index contributed by atoms with van der Waals surface area (Å²) in [5, 5.41) is 73.1. The highest BCUT2D eigenvalue weighted by Gasteiger charge is 2.52. The molecule has 1 fully saturated rings. The van der Waals surface area contributed by atoms with Crippen molar-refractivity contribution in [2.24, 2.45) is 5.92 Å². The number of benzene rings is 2. The van der Waals surface area contributed by atoms with Crippen molar-refractivity contribution in [3.05, 3.63) is 83.7 Å². The van der Waals surface area contributed by atoms with Gasteiger partial charge in [0.2, 0.25) is 0 Å². The number of carbonyl (C=O) groups is 3. The van der Waals surface area contributed by atoms with E-state index in [9.17, 15) is 45.0 Å². The van der Waals surface area contributed by atoms with Crippen molar-refractivity contribution >= 4 is 29.2 Å². The Morgan fingerprint density at radius 3 is 2.52 bits per heavy atom. The zero-order valence-electron chi connectivity index (χ0n) is 28.9. The number of aromatic nitrogens is 3. The van der Waals surface area contributed by atoms with Gasteiger partial charge in [-0.3, -0.25) is 19.1 Å². The van der Waals surface area contributed by atoms with Crippen molar-refractivity contribution in [3.63, 3.8) is 0 Å². The first-order valence-corrected chi connectivity index (χ1v) is 17.1. The predicted octanol–water partition coefficient (Wildman–Crippen LogP) is 0.301. The van der Waals surface area contributed by atoms with E-state index in [1.807, 2.05) is 36.4 Å². The second-order valence-electron chi connectivity index (χ2n) is 13.0. The number of carbonyl (C=O) groups excluding carboxylic acids is 3. The van der Waals surface area contributed by atoms with Crippen LogP contribution in [0, 0.1) is 5.92 Å². The minimum Gasteiger partial charge on any atom is -0.469 e. The monoisotopic (exact) mass is 723 g/mol. The number of nitrogens with one attached hydrogen (secondary N) is 1. The topological polar surface area (TPSA) is 237 Å². The molecule has 16 nitrogen and oxygen atoms in total. The third kappa shape index (κ3) is 8.08. The van der Waals surface area contributed by atoms with Crippen molar-refractivity contribution in [3.8, 4) is 0 Å². The molecule has 1 aromatic heterocycles. The van der Waals surface area contributed by atoms with Crippen molar-refractivity contribution in [2.45, 2.75) is 81.4 Å². The molecule has 2 amide bonds. The zero-order valence-corrected chi connectivity index (χ0v) is 28.9. The van der Waals surface area contributed by atoms with Crippen LogP contribution in [0.2, 0.25) is 0 Å². The average molecular weight is 724 g/mol. The molecule has 0 aliphatic carbocycles. The Morgan fingerprint density at radius 1 is 1.06 bits per heavy atom. The Kier molecular flexibility index (Phi) is 12.5. The van der Waals surface area contributed by atoms with Gasteiger partial charge in [-0.2, -0.15) is 0 Å². The summed E-state index contributed by atoms with van der Waals surface area (Å²) in [4.78, 5) is 40.1. The van der Waals surface area contributed by atoms with Gasteiger partial charge in [0, 0.05) is 42.9 Å². The highest BCUT2D eigenvalue weighted by molar-refractivity contribution is 6.08. The number of aryl methyl sites for hydroxylation is 1. The minimum atomic E-state index is -2.06. The van der Waals surface area contributed by atoms with E-state index in [4.69, 9.17) is 9.47 Å². The van der Waals surface area contributed by atoms with Gasteiger partial charge < -0.3 is 50.3 Å². The maximum atomic E-state index is 14.0. The molecule has 7 N–H and O–H groups in total. The van der Waals surface area contributed by atoms with Crippen LogP contribution in [0.3, 0.4) is 0 Å². The molecule has 2 aliphatic heterocycles. The number of amides is 2. The summed E-state index contributed by atoms with van der Waals surface area (Å²) >= 11 is 0. The van der Waals surface area contributed by atoms with E-state index in [2.05, 4.69) is 15.6 Å². The largest absolute Gasteiger partial charge is 0.469 e. The molecule has 16 heteroatoms. The van der Waals surface area contributed by atoms with E-state index in [0.717, 1.165) is 5.56 Å². The van der Waals surface area contributed by atoms with E-state index in [-0.39, 0.29) is 42.7 Å². The molecule has 1 saturated heterocycles. The lowest BCUT2D eigenvalue weighted by Gasteiger charge is -2.37. The maximum Gasteiger partial charge on any atom is 0.305 e. The molecule has 280 valence electrons. The third-order valence-electron chi connectivity index (χ3n) is 9.53. The first kappa shape index (κ1) is 38.7. The molecule has 0 radical (unpaired) electrons. The van der Waals surface area contributed by atoms with E-state index in [1.54, 1.807) is 29.9 Å². The van der Waals surface area contributed by atoms with E-state index in [1.165, 1.54) is 24.1 Å². The number of anilines is 2. The number of ether oxygens (including phenoxy) is 2. The Morgan fingerprint density at radius 2 is 1.81 bits per heavy atom. The average Bonchev–Trinajstić information content (AvgIpc) is 3.70. The molecule has 52 heavy (non-hydrogen) atoms. The fourth-order valence-electron chi connectivity index (χ4n) is 6.46. The Labute approximate surface area is 299 Å². The van der Waals surface area contributed by atoms with Crippen LogP contribution in [0.15, 0.2) is 66.9 Å². The van der Waals surface area contributed by atoms with Gasteiger partial charge in [0.15, 0.2) is 18.0 Å². The number of aliphatic hydroxyl groups is 6. The van der Waals surface area contributed by atoms with Crippen LogP contribution < -0.4 is 10.2 Å². The van der Waals surface area contributed by atoms with Crippen molar-refractivity contribution in [1.29, 1.82) is 0 Å². The summed E-state index contributed by atoms with van der Waals surface area (Å²) in [6.07, 6.45) is -2.35. The predicted molar refractivity (Wildman–Crippen MR) is 184 cm³/mol. The van der Waals surface area contributed by atoms with Crippen molar-refractivity contribution in [2.75, 3.05) is 30.5 Å². The lowest BCUT2D eigenvalue weighted by molar-refractivity contribution is -0.274. The molecule has 3 heterocycles. The molecule has 2 aromatic carbocycles. The minimum absolute atomic E-state index is 0.128. The van der Waals surface area contributed by atoms with E-state index >= 15 is 0 Å². The van der Waals surface area contributed by atoms with Crippen LogP contribution in [0.25, 0.3) is 0 Å². The molecule has 8 atom stereocenters. The zero-order chi connectivity index (χ0) is 37.6. The normalized spacial score (nSPS) is 25.6. The van der Waals surface area contributed by atoms with Crippen molar-refractivity contribution < 1.29 is 54.5 Å². The number of allylic oxidation sites excluding steroid dienone is 1. The summed E-state index contributed by atoms with van der Waals surface area (Å²) in [7, 11) is 1.30. The standard InChI is InChI=1S/C36H45N5O11/c1-21(10-6-8-16-40-19-26(38-39-40)24(20-42)22-11-4-3-5-12-22)36(50)25-18-23(37-33(47)32-30(45)29(44)31(46)34(48)52-32)14-15-27(25)41(35(36)49)17-9-7-13-28(43)51-2/h3-6,10-12,14-15,18-19,21,24,29-32,34,42,44-46,48,50H,7-9,13,16-17,20H2,1-2H3,(H,37,47)/b10-6+/t21-,24?,29-,30-,31+,32-,34+,36+/m0/s1. The van der Waals surface area contributed by atoms with Crippen LogP contribution >= 0.6 is 0 Å². The number of rotatable bonds is 15.